The average Bonchev–Trinajstić information content (AvgIpc) is 3.75. The molecule has 0 aromatic heterocycles. The normalized spacial score (nSPS) is 19.8. The zero-order valence-electron chi connectivity index (χ0n) is 36.1. The van der Waals surface area contributed by atoms with Gasteiger partial charge in [-0.3, -0.25) is 0 Å². The van der Waals surface area contributed by atoms with Crippen LogP contribution in [0, 0.1) is 0 Å². The van der Waals surface area contributed by atoms with Crippen LogP contribution in [0.1, 0.15) is 73.6 Å². The van der Waals surface area contributed by atoms with Gasteiger partial charge in [0.25, 0.3) is 0 Å². The first-order valence-corrected chi connectivity index (χ1v) is 23.0. The van der Waals surface area contributed by atoms with E-state index in [1.165, 1.54) is 61.4 Å². The van der Waals surface area contributed by atoms with E-state index in [1.54, 1.807) is 0 Å². The second kappa shape index (κ2) is 17.8. The predicted octanol–water partition coefficient (Wildman–Crippen LogP) is 15.8. The van der Waals surface area contributed by atoms with Crippen molar-refractivity contribution in [3.05, 3.63) is 273 Å². The van der Waals surface area contributed by atoms with Gasteiger partial charge in [-0.15, -0.1) is 0 Å². The van der Waals surface area contributed by atoms with Crippen molar-refractivity contribution in [3.63, 3.8) is 0 Å². The minimum absolute atomic E-state index is 0.140. The Bertz CT molecular complexity index is 2890. The Hall–Kier alpha value is -7.36. The molecule has 1 saturated carbocycles. The first-order chi connectivity index (χ1) is 31.7. The molecule has 1 fully saturated rings. The third kappa shape index (κ3) is 7.84. The molecule has 0 spiro atoms. The zero-order valence-corrected chi connectivity index (χ0v) is 36.1. The van der Waals surface area contributed by atoms with Crippen molar-refractivity contribution in [2.75, 3.05) is 4.90 Å². The lowest BCUT2D eigenvalue weighted by Gasteiger charge is -2.35. The molecule has 3 aliphatic carbocycles. The monoisotopic (exact) mass is 829 g/mol. The number of rotatable bonds is 9. The van der Waals surface area contributed by atoms with Gasteiger partial charge in [0.1, 0.15) is 23.4 Å². The van der Waals surface area contributed by atoms with E-state index in [-0.39, 0.29) is 6.10 Å². The molecular formula is C61H51NO2. The summed E-state index contributed by atoms with van der Waals surface area (Å²) >= 11 is 0. The fraction of sp³-hybridized carbons (Fsp3) is 0.148. The highest BCUT2D eigenvalue weighted by Gasteiger charge is 2.35. The van der Waals surface area contributed by atoms with Crippen LogP contribution in [-0.4, -0.2) is 6.10 Å². The Morgan fingerprint density at radius 2 is 0.953 bits per heavy atom. The Morgan fingerprint density at radius 1 is 0.438 bits per heavy atom. The summed E-state index contributed by atoms with van der Waals surface area (Å²) in [7, 11) is 0. The molecule has 312 valence electrons. The lowest BCUT2D eigenvalue weighted by molar-refractivity contribution is 0.212. The number of nitrogens with zero attached hydrogens (tertiary/aromatic N) is 1. The maximum absolute atomic E-state index is 7.17. The van der Waals surface area contributed by atoms with E-state index in [4.69, 9.17) is 9.47 Å². The SMILES string of the molecule is C(=C1CCC(C=C2CCCC3=C(c4ccccc4)C=C(c4ccccc4)OC23)=C1N(c1ccccc1)c1ccccc1)C1=C2OC(c3ccccc3)=CC(c3ccccc3)=C2CCC1. The molecule has 5 aliphatic rings. The van der Waals surface area contributed by atoms with Gasteiger partial charge in [-0.1, -0.05) is 164 Å². The van der Waals surface area contributed by atoms with E-state index in [0.29, 0.717) is 0 Å². The molecule has 1 atom stereocenters. The molecule has 2 heterocycles. The second-order valence-electron chi connectivity index (χ2n) is 17.2. The van der Waals surface area contributed by atoms with Crippen LogP contribution in [0.25, 0.3) is 22.7 Å². The maximum atomic E-state index is 7.17. The van der Waals surface area contributed by atoms with E-state index in [0.717, 1.165) is 91.1 Å². The number of allylic oxidation sites excluding steroid dienone is 10. The van der Waals surface area contributed by atoms with Crippen molar-refractivity contribution in [3.8, 4) is 0 Å². The van der Waals surface area contributed by atoms with Crippen molar-refractivity contribution in [2.45, 2.75) is 57.5 Å². The molecule has 11 rings (SSSR count). The van der Waals surface area contributed by atoms with Gasteiger partial charge >= 0.3 is 0 Å². The molecular weight excluding hydrogens is 779 g/mol. The number of hydrogen-bond donors (Lipinski definition) is 0. The van der Waals surface area contributed by atoms with Crippen LogP contribution in [0.15, 0.2) is 251 Å². The van der Waals surface area contributed by atoms with E-state index in [1.807, 2.05) is 0 Å². The summed E-state index contributed by atoms with van der Waals surface area (Å²) in [5, 5.41) is 0. The number of hydrogen-bond acceptors (Lipinski definition) is 3. The third-order valence-electron chi connectivity index (χ3n) is 13.2. The Morgan fingerprint density at radius 3 is 1.56 bits per heavy atom. The highest BCUT2D eigenvalue weighted by Crippen LogP contribution is 2.49. The molecule has 2 aliphatic heterocycles. The van der Waals surface area contributed by atoms with E-state index in [2.05, 4.69) is 211 Å². The van der Waals surface area contributed by atoms with Gasteiger partial charge in [0.05, 0.1) is 5.70 Å². The molecule has 3 heteroatoms. The average molecular weight is 830 g/mol. The van der Waals surface area contributed by atoms with Gasteiger partial charge in [-0.25, -0.2) is 0 Å². The zero-order chi connectivity index (χ0) is 42.7. The topological polar surface area (TPSA) is 21.7 Å². The highest BCUT2D eigenvalue weighted by molar-refractivity contribution is 5.89. The number of ether oxygens (including phenoxy) is 2. The summed E-state index contributed by atoms with van der Waals surface area (Å²) in [6.07, 6.45) is 17.4. The first kappa shape index (κ1) is 39.5. The molecule has 3 nitrogen and oxygen atoms in total. The standard InChI is InChI=1S/C61H51NO2/c1-7-21-43(22-8-1)55-41-57(45-25-11-3-12-26-45)63-60-49(29-19-35-53(55)60)39-47-37-38-48(59(47)62(51-31-15-5-16-32-51)52-33-17-6-18-34-52)40-50-30-20-36-54-56(44-23-9-2-10-24-44)42-58(64-61(50)54)46-27-13-4-14-28-46/h1-18,21-28,31-34,39-42,60H,19-20,29-30,35-38H2. The Kier molecular flexibility index (Phi) is 11.0. The van der Waals surface area contributed by atoms with Crippen LogP contribution in [0.2, 0.25) is 0 Å². The molecule has 1 unspecified atom stereocenters. The number of anilines is 2. The van der Waals surface area contributed by atoms with Crippen LogP contribution in [0.3, 0.4) is 0 Å². The summed E-state index contributed by atoms with van der Waals surface area (Å²) in [4.78, 5) is 2.49. The lowest BCUT2D eigenvalue weighted by Crippen LogP contribution is -2.26. The minimum Gasteiger partial charge on any atom is -0.481 e. The molecule has 6 aromatic rings. The number of fused-ring (bicyclic) bond motifs is 2. The second-order valence-corrected chi connectivity index (χ2v) is 17.2. The smallest absolute Gasteiger partial charge is 0.142 e. The minimum atomic E-state index is -0.140. The molecule has 0 amide bonds. The van der Waals surface area contributed by atoms with Crippen molar-refractivity contribution in [1.82, 2.24) is 0 Å². The van der Waals surface area contributed by atoms with Gasteiger partial charge in [-0.05, 0) is 144 Å². The van der Waals surface area contributed by atoms with Gasteiger partial charge in [0.15, 0.2) is 0 Å². The molecule has 0 radical (unpaired) electrons. The molecule has 0 N–H and O–H groups in total. The van der Waals surface area contributed by atoms with E-state index >= 15 is 0 Å². The van der Waals surface area contributed by atoms with Crippen LogP contribution in [-0.2, 0) is 9.47 Å². The van der Waals surface area contributed by atoms with Crippen LogP contribution in [0.4, 0.5) is 11.4 Å². The van der Waals surface area contributed by atoms with Gasteiger partial charge < -0.3 is 14.4 Å². The number of benzene rings is 6. The summed E-state index contributed by atoms with van der Waals surface area (Å²) in [5.74, 6) is 2.84. The van der Waals surface area contributed by atoms with Crippen molar-refractivity contribution in [1.29, 1.82) is 0 Å². The lowest BCUT2D eigenvalue weighted by atomic mass is 9.80. The highest BCUT2D eigenvalue weighted by atomic mass is 16.5. The fourth-order valence-corrected chi connectivity index (χ4v) is 10.2. The maximum Gasteiger partial charge on any atom is 0.142 e. The van der Waals surface area contributed by atoms with Gasteiger partial charge in [0.2, 0.25) is 0 Å². The van der Waals surface area contributed by atoms with Crippen molar-refractivity contribution >= 4 is 34.0 Å². The Balaban J connectivity index is 1.09. The van der Waals surface area contributed by atoms with Crippen molar-refractivity contribution < 1.29 is 9.47 Å². The van der Waals surface area contributed by atoms with E-state index < -0.39 is 0 Å². The molecule has 6 aromatic carbocycles. The molecule has 0 saturated heterocycles. The Labute approximate surface area is 377 Å². The van der Waals surface area contributed by atoms with Crippen LogP contribution < -0.4 is 4.90 Å². The summed E-state index contributed by atoms with van der Waals surface area (Å²) in [5.41, 5.74) is 18.7. The summed E-state index contributed by atoms with van der Waals surface area (Å²) in [6.45, 7) is 0. The summed E-state index contributed by atoms with van der Waals surface area (Å²) in [6, 6.07) is 64.7. The van der Waals surface area contributed by atoms with Gasteiger partial charge in [-0.2, -0.15) is 0 Å². The van der Waals surface area contributed by atoms with Gasteiger partial charge in [0, 0.05) is 28.1 Å². The molecule has 0 bridgehead atoms. The van der Waals surface area contributed by atoms with Crippen LogP contribution in [0.5, 0.6) is 0 Å². The fourth-order valence-electron chi connectivity index (χ4n) is 10.2. The summed E-state index contributed by atoms with van der Waals surface area (Å²) < 4.78 is 14.3. The first-order valence-electron chi connectivity index (χ1n) is 23.0. The van der Waals surface area contributed by atoms with Crippen LogP contribution >= 0.6 is 0 Å². The molecule has 64 heavy (non-hydrogen) atoms. The number of para-hydroxylation sites is 2. The predicted molar refractivity (Wildman–Crippen MR) is 264 cm³/mol. The van der Waals surface area contributed by atoms with Crippen molar-refractivity contribution in [2.24, 2.45) is 0 Å². The van der Waals surface area contributed by atoms with E-state index in [9.17, 15) is 0 Å². The quantitative estimate of drug-likeness (QED) is 0.145. The third-order valence-corrected chi connectivity index (χ3v) is 13.2. The largest absolute Gasteiger partial charge is 0.481 e.